The van der Waals surface area contributed by atoms with Crippen molar-refractivity contribution in [2.45, 2.75) is 44.1 Å². The van der Waals surface area contributed by atoms with Gasteiger partial charge >= 0.3 is 12.1 Å². The van der Waals surface area contributed by atoms with E-state index in [0.29, 0.717) is 0 Å². The van der Waals surface area contributed by atoms with E-state index in [1.807, 2.05) is 0 Å². The fourth-order valence-corrected chi connectivity index (χ4v) is 3.78. The van der Waals surface area contributed by atoms with Crippen LogP contribution < -0.4 is 5.32 Å². The topological polar surface area (TPSA) is 98.8 Å². The lowest BCUT2D eigenvalue weighted by Crippen LogP contribution is -2.47. The summed E-state index contributed by atoms with van der Waals surface area (Å²) in [5.74, 6) is -1.02. The normalized spacial score (nSPS) is 25.7. The highest BCUT2D eigenvalue weighted by molar-refractivity contribution is 7.93. The number of hydrogen-bond acceptors (Lipinski definition) is 6. The summed E-state index contributed by atoms with van der Waals surface area (Å²) in [4.78, 5) is 23.1. The molecule has 0 saturated carbocycles. The first-order chi connectivity index (χ1) is 8.57. The zero-order valence-electron chi connectivity index (χ0n) is 11.4. The van der Waals surface area contributed by atoms with Crippen molar-refractivity contribution in [3.05, 3.63) is 0 Å². The van der Waals surface area contributed by atoms with Crippen LogP contribution in [-0.2, 0) is 24.1 Å². The Morgan fingerprint density at radius 2 is 1.84 bits per heavy atom. The van der Waals surface area contributed by atoms with Gasteiger partial charge in [0.05, 0.1) is 18.9 Å². The third-order valence-electron chi connectivity index (χ3n) is 2.60. The van der Waals surface area contributed by atoms with Crippen molar-refractivity contribution in [1.29, 1.82) is 0 Å². The molecule has 1 rings (SSSR count). The predicted octanol–water partition coefficient (Wildman–Crippen LogP) is 0.240. The van der Waals surface area contributed by atoms with Gasteiger partial charge in [-0.2, -0.15) is 0 Å². The minimum Gasteiger partial charge on any atom is -0.468 e. The van der Waals surface area contributed by atoms with Gasteiger partial charge in [0.15, 0.2) is 15.1 Å². The Morgan fingerprint density at radius 3 is 2.32 bits per heavy atom. The first kappa shape index (κ1) is 15.7. The summed E-state index contributed by atoms with van der Waals surface area (Å²) in [6, 6.07) is -0.813. The summed E-state index contributed by atoms with van der Waals surface area (Å²) in [5.41, 5.74) is -0.692. The van der Waals surface area contributed by atoms with Crippen LogP contribution in [0.5, 0.6) is 0 Å². The molecular formula is C11H19NO6S. The maximum absolute atomic E-state index is 11.7. The number of nitrogens with one attached hydrogen (secondary N) is 1. The zero-order chi connectivity index (χ0) is 14.8. The number of amides is 1. The van der Waals surface area contributed by atoms with E-state index in [1.54, 1.807) is 20.8 Å². The molecule has 1 saturated heterocycles. The van der Waals surface area contributed by atoms with Crippen LogP contribution in [0.15, 0.2) is 0 Å². The molecule has 0 bridgehead atoms. The molecule has 8 heteroatoms. The zero-order valence-corrected chi connectivity index (χ0v) is 12.2. The molecule has 0 radical (unpaired) electrons. The van der Waals surface area contributed by atoms with Crippen LogP contribution in [0.25, 0.3) is 0 Å². The Hall–Kier alpha value is -1.31. The number of ether oxygens (including phenoxy) is 2. The predicted molar refractivity (Wildman–Crippen MR) is 67.4 cm³/mol. The molecule has 1 aliphatic heterocycles. The molecule has 2 atom stereocenters. The maximum Gasteiger partial charge on any atom is 0.407 e. The quantitative estimate of drug-likeness (QED) is 0.732. The van der Waals surface area contributed by atoms with Crippen LogP contribution in [0.4, 0.5) is 4.79 Å². The van der Waals surface area contributed by atoms with Crippen molar-refractivity contribution in [2.75, 3.05) is 12.9 Å². The lowest BCUT2D eigenvalue weighted by Gasteiger charge is -2.23. The van der Waals surface area contributed by atoms with Crippen molar-refractivity contribution in [2.24, 2.45) is 0 Å². The van der Waals surface area contributed by atoms with Crippen molar-refractivity contribution in [1.82, 2.24) is 5.32 Å². The average molecular weight is 293 g/mol. The van der Waals surface area contributed by atoms with Crippen LogP contribution in [0, 0.1) is 0 Å². The number of esters is 1. The van der Waals surface area contributed by atoms with E-state index < -0.39 is 38.8 Å². The van der Waals surface area contributed by atoms with Gasteiger partial charge in [-0.25, -0.2) is 13.2 Å². The number of carbonyl (C=O) groups is 2. The van der Waals surface area contributed by atoms with E-state index in [0.717, 1.165) is 7.11 Å². The van der Waals surface area contributed by atoms with Gasteiger partial charge in [-0.15, -0.1) is 0 Å². The molecule has 19 heavy (non-hydrogen) atoms. The summed E-state index contributed by atoms with van der Waals surface area (Å²) in [7, 11) is -2.47. The summed E-state index contributed by atoms with van der Waals surface area (Å²) >= 11 is 0. The molecule has 1 N–H and O–H groups in total. The van der Waals surface area contributed by atoms with Gasteiger partial charge in [0.2, 0.25) is 0 Å². The van der Waals surface area contributed by atoms with Crippen LogP contribution in [0.3, 0.4) is 0 Å². The van der Waals surface area contributed by atoms with Crippen molar-refractivity contribution in [3.8, 4) is 0 Å². The summed E-state index contributed by atoms with van der Waals surface area (Å²) in [6.45, 7) is 5.07. The van der Waals surface area contributed by atoms with Crippen molar-refractivity contribution >= 4 is 21.9 Å². The number of rotatable bonds is 2. The average Bonchev–Trinajstić information content (AvgIpc) is 2.50. The molecule has 1 amide bonds. The monoisotopic (exact) mass is 293 g/mol. The summed E-state index contributed by atoms with van der Waals surface area (Å²) in [5, 5.41) is 1.06. The highest BCUT2D eigenvalue weighted by Gasteiger charge is 2.47. The van der Waals surface area contributed by atoms with Gasteiger partial charge in [-0.1, -0.05) is 0 Å². The standard InChI is InChI=1S/C11H19NO6S/c1-11(2,3)18-10(14)12-7-5-6-19(15,16)8(7)9(13)17-4/h7-8H,5-6H2,1-4H3,(H,12,14). The number of sulfone groups is 1. The lowest BCUT2D eigenvalue weighted by molar-refractivity contribution is -0.140. The SMILES string of the molecule is COC(=O)C1C(NC(=O)OC(C)(C)C)CCS1(=O)=O. The van der Waals surface area contributed by atoms with E-state index >= 15 is 0 Å². The molecule has 0 aromatic heterocycles. The largest absolute Gasteiger partial charge is 0.468 e. The van der Waals surface area contributed by atoms with Gasteiger partial charge in [-0.3, -0.25) is 4.79 Å². The Morgan fingerprint density at radius 1 is 1.26 bits per heavy atom. The minimum absolute atomic E-state index is 0.159. The second kappa shape index (κ2) is 5.36. The molecule has 0 aliphatic carbocycles. The number of methoxy groups -OCH3 is 1. The van der Waals surface area contributed by atoms with E-state index in [1.165, 1.54) is 0 Å². The highest BCUT2D eigenvalue weighted by atomic mass is 32.2. The van der Waals surface area contributed by atoms with E-state index in [9.17, 15) is 18.0 Å². The first-order valence-corrected chi connectivity index (χ1v) is 7.57. The smallest absolute Gasteiger partial charge is 0.407 e. The molecule has 1 fully saturated rings. The maximum atomic E-state index is 11.7. The molecule has 1 heterocycles. The molecule has 1 aliphatic rings. The molecule has 0 aromatic rings. The molecule has 2 unspecified atom stereocenters. The van der Waals surface area contributed by atoms with Gasteiger partial charge in [0.1, 0.15) is 5.60 Å². The molecule has 7 nitrogen and oxygen atoms in total. The Balaban J connectivity index is 2.78. The second-order valence-electron chi connectivity index (χ2n) is 5.35. The highest BCUT2D eigenvalue weighted by Crippen LogP contribution is 2.22. The molecular weight excluding hydrogens is 274 g/mol. The van der Waals surface area contributed by atoms with Gasteiger partial charge in [0, 0.05) is 0 Å². The Labute approximate surface area is 112 Å². The van der Waals surface area contributed by atoms with Gasteiger partial charge in [-0.05, 0) is 27.2 Å². The first-order valence-electron chi connectivity index (χ1n) is 5.86. The Kier molecular flexibility index (Phi) is 4.44. The minimum atomic E-state index is -3.58. The number of alkyl carbamates (subject to hydrolysis) is 1. The van der Waals surface area contributed by atoms with Gasteiger partial charge < -0.3 is 14.8 Å². The van der Waals surface area contributed by atoms with Crippen LogP contribution in [0.2, 0.25) is 0 Å². The third kappa shape index (κ3) is 4.09. The Bertz CT molecular complexity index is 464. The summed E-state index contributed by atoms with van der Waals surface area (Å²) in [6.07, 6.45) is -0.579. The fraction of sp³-hybridized carbons (Fsp3) is 0.818. The number of carbonyl (C=O) groups excluding carboxylic acids is 2. The van der Waals surface area contributed by atoms with Crippen LogP contribution in [0.1, 0.15) is 27.2 Å². The van der Waals surface area contributed by atoms with Crippen molar-refractivity contribution < 1.29 is 27.5 Å². The van der Waals surface area contributed by atoms with Crippen molar-refractivity contribution in [3.63, 3.8) is 0 Å². The molecule has 0 spiro atoms. The van der Waals surface area contributed by atoms with Gasteiger partial charge in [0.25, 0.3) is 0 Å². The molecule has 0 aromatic carbocycles. The fourth-order valence-electron chi connectivity index (χ4n) is 1.85. The molecule has 110 valence electrons. The second-order valence-corrected chi connectivity index (χ2v) is 7.59. The van der Waals surface area contributed by atoms with Crippen LogP contribution >= 0.6 is 0 Å². The van der Waals surface area contributed by atoms with E-state index in [-0.39, 0.29) is 12.2 Å². The number of hydrogen-bond donors (Lipinski definition) is 1. The third-order valence-corrected chi connectivity index (χ3v) is 4.70. The van der Waals surface area contributed by atoms with Crippen LogP contribution in [-0.4, -0.2) is 50.2 Å². The van der Waals surface area contributed by atoms with E-state index in [4.69, 9.17) is 4.74 Å². The van der Waals surface area contributed by atoms with E-state index in [2.05, 4.69) is 10.1 Å². The lowest BCUT2D eigenvalue weighted by atomic mass is 10.1. The summed E-state index contributed by atoms with van der Waals surface area (Å²) < 4.78 is 33.0.